The maximum atomic E-state index is 10.4. The van der Waals surface area contributed by atoms with E-state index in [9.17, 15) is 5.11 Å². The summed E-state index contributed by atoms with van der Waals surface area (Å²) < 4.78 is 11.3. The molecular formula is C18H20O3. The van der Waals surface area contributed by atoms with E-state index in [0.29, 0.717) is 6.42 Å². The molecule has 1 unspecified atom stereocenters. The number of aliphatic hydroxyl groups excluding tert-OH is 1. The Kier molecular flexibility index (Phi) is 3.60. The lowest BCUT2D eigenvalue weighted by molar-refractivity contribution is 0.0651. The van der Waals surface area contributed by atoms with Crippen molar-refractivity contribution in [3.63, 3.8) is 0 Å². The van der Waals surface area contributed by atoms with Crippen LogP contribution in [0.3, 0.4) is 0 Å². The summed E-state index contributed by atoms with van der Waals surface area (Å²) in [6, 6.07) is 11.8. The van der Waals surface area contributed by atoms with Gasteiger partial charge < -0.3 is 14.6 Å². The van der Waals surface area contributed by atoms with Gasteiger partial charge in [0.2, 0.25) is 0 Å². The van der Waals surface area contributed by atoms with Crippen LogP contribution >= 0.6 is 0 Å². The van der Waals surface area contributed by atoms with Crippen LogP contribution in [0.4, 0.5) is 0 Å². The molecule has 2 aromatic rings. The Labute approximate surface area is 125 Å². The molecule has 2 aromatic carbocycles. The predicted octanol–water partition coefficient (Wildman–Crippen LogP) is 3.87. The summed E-state index contributed by atoms with van der Waals surface area (Å²) in [7, 11) is 1.62. The number of rotatable bonds is 2. The normalized spacial score (nSPS) is 20.6. The molecule has 3 heteroatoms. The van der Waals surface area contributed by atoms with E-state index in [2.05, 4.69) is 26.0 Å². The van der Waals surface area contributed by atoms with Crippen molar-refractivity contribution in [1.29, 1.82) is 0 Å². The molecule has 0 aliphatic carbocycles. The lowest BCUT2D eigenvalue weighted by atomic mass is 9.91. The Balaban J connectivity index is 1.97. The van der Waals surface area contributed by atoms with Gasteiger partial charge in [-0.2, -0.15) is 0 Å². The van der Waals surface area contributed by atoms with E-state index in [-0.39, 0.29) is 6.10 Å². The molecule has 1 N–H and O–H groups in total. The molecule has 1 aliphatic rings. The number of aryl methyl sites for hydroxylation is 1. The third kappa shape index (κ3) is 2.49. The number of methoxy groups -OCH3 is 1. The third-order valence-electron chi connectivity index (χ3n) is 4.28. The molecule has 0 spiro atoms. The van der Waals surface area contributed by atoms with Crippen molar-refractivity contribution in [2.45, 2.75) is 32.5 Å². The standard InChI is InChI=1S/C18H20O3/c1-11-5-4-6-14(12(11)2)18-10-16(19)15-9-13(20-3)7-8-17(15)21-18/h4-9,16,18-19H,10H2,1-3H3/t16-,18?/m1/s1. The van der Waals surface area contributed by atoms with E-state index >= 15 is 0 Å². The maximum absolute atomic E-state index is 10.4. The molecule has 1 aliphatic heterocycles. The highest BCUT2D eigenvalue weighted by atomic mass is 16.5. The number of fused-ring (bicyclic) bond motifs is 1. The second-order valence-corrected chi connectivity index (χ2v) is 5.55. The minimum atomic E-state index is -0.534. The van der Waals surface area contributed by atoms with Gasteiger partial charge in [-0.1, -0.05) is 18.2 Å². The average molecular weight is 284 g/mol. The van der Waals surface area contributed by atoms with Crippen LogP contribution in [0.15, 0.2) is 36.4 Å². The van der Waals surface area contributed by atoms with Crippen LogP contribution < -0.4 is 9.47 Å². The van der Waals surface area contributed by atoms with Gasteiger partial charge in [0.1, 0.15) is 17.6 Å². The lowest BCUT2D eigenvalue weighted by Gasteiger charge is -2.31. The van der Waals surface area contributed by atoms with Crippen LogP contribution in [0.25, 0.3) is 0 Å². The summed E-state index contributed by atoms with van der Waals surface area (Å²) in [6.45, 7) is 4.20. The number of benzene rings is 2. The largest absolute Gasteiger partial charge is 0.497 e. The SMILES string of the molecule is COc1ccc2c(c1)[C@H](O)CC(c1cccc(C)c1C)O2. The molecule has 0 radical (unpaired) electrons. The van der Waals surface area contributed by atoms with Crippen molar-refractivity contribution in [1.82, 2.24) is 0 Å². The first-order valence-electron chi connectivity index (χ1n) is 7.19. The molecule has 0 aromatic heterocycles. The molecule has 2 atom stereocenters. The van der Waals surface area contributed by atoms with Crippen molar-refractivity contribution in [3.05, 3.63) is 58.7 Å². The number of hydrogen-bond donors (Lipinski definition) is 1. The molecular weight excluding hydrogens is 264 g/mol. The molecule has 110 valence electrons. The van der Waals surface area contributed by atoms with Gasteiger partial charge in [-0.05, 0) is 48.7 Å². The van der Waals surface area contributed by atoms with Gasteiger partial charge in [-0.3, -0.25) is 0 Å². The fourth-order valence-corrected chi connectivity index (χ4v) is 2.87. The monoisotopic (exact) mass is 284 g/mol. The smallest absolute Gasteiger partial charge is 0.127 e. The van der Waals surface area contributed by atoms with Gasteiger partial charge in [0.15, 0.2) is 0 Å². The molecule has 0 saturated heterocycles. The van der Waals surface area contributed by atoms with Crippen LogP contribution in [0.2, 0.25) is 0 Å². The second-order valence-electron chi connectivity index (χ2n) is 5.55. The molecule has 0 saturated carbocycles. The maximum Gasteiger partial charge on any atom is 0.127 e. The lowest BCUT2D eigenvalue weighted by Crippen LogP contribution is -2.20. The van der Waals surface area contributed by atoms with Gasteiger partial charge in [-0.25, -0.2) is 0 Å². The van der Waals surface area contributed by atoms with Crippen molar-refractivity contribution < 1.29 is 14.6 Å². The van der Waals surface area contributed by atoms with E-state index < -0.39 is 6.10 Å². The summed E-state index contributed by atoms with van der Waals surface area (Å²) in [5, 5.41) is 10.4. The van der Waals surface area contributed by atoms with E-state index in [4.69, 9.17) is 9.47 Å². The van der Waals surface area contributed by atoms with Gasteiger partial charge in [0, 0.05) is 12.0 Å². The zero-order chi connectivity index (χ0) is 15.0. The molecule has 3 rings (SSSR count). The van der Waals surface area contributed by atoms with E-state index in [1.54, 1.807) is 7.11 Å². The number of aliphatic hydroxyl groups is 1. The van der Waals surface area contributed by atoms with Gasteiger partial charge in [0.25, 0.3) is 0 Å². The summed E-state index contributed by atoms with van der Waals surface area (Å²) >= 11 is 0. The van der Waals surface area contributed by atoms with E-state index in [1.807, 2.05) is 24.3 Å². The zero-order valence-electron chi connectivity index (χ0n) is 12.6. The quantitative estimate of drug-likeness (QED) is 0.910. The summed E-state index contributed by atoms with van der Waals surface area (Å²) in [5.41, 5.74) is 4.42. The fraction of sp³-hybridized carbons (Fsp3) is 0.333. The van der Waals surface area contributed by atoms with Crippen molar-refractivity contribution in [2.24, 2.45) is 0 Å². The Bertz CT molecular complexity index is 664. The molecule has 0 fully saturated rings. The van der Waals surface area contributed by atoms with Gasteiger partial charge in [0.05, 0.1) is 13.2 Å². The summed E-state index contributed by atoms with van der Waals surface area (Å²) in [6.07, 6.45) is -0.0839. The first kappa shape index (κ1) is 14.0. The zero-order valence-corrected chi connectivity index (χ0v) is 12.6. The summed E-state index contributed by atoms with van der Waals surface area (Å²) in [4.78, 5) is 0. The van der Waals surface area contributed by atoms with Gasteiger partial charge >= 0.3 is 0 Å². The topological polar surface area (TPSA) is 38.7 Å². The van der Waals surface area contributed by atoms with Crippen LogP contribution in [0.1, 0.15) is 40.9 Å². The minimum Gasteiger partial charge on any atom is -0.497 e. The highest BCUT2D eigenvalue weighted by Crippen LogP contribution is 2.42. The Morgan fingerprint density at radius 3 is 2.71 bits per heavy atom. The Hall–Kier alpha value is -2.00. The number of hydrogen-bond acceptors (Lipinski definition) is 3. The first-order chi connectivity index (χ1) is 10.1. The molecule has 3 nitrogen and oxygen atoms in total. The fourth-order valence-electron chi connectivity index (χ4n) is 2.87. The summed E-state index contributed by atoms with van der Waals surface area (Å²) in [5.74, 6) is 1.47. The molecule has 1 heterocycles. The average Bonchev–Trinajstić information content (AvgIpc) is 2.49. The van der Waals surface area contributed by atoms with Crippen molar-refractivity contribution >= 4 is 0 Å². The van der Waals surface area contributed by atoms with Crippen LogP contribution in [-0.4, -0.2) is 12.2 Å². The Morgan fingerprint density at radius 2 is 1.95 bits per heavy atom. The molecule has 0 bridgehead atoms. The van der Waals surface area contributed by atoms with Crippen LogP contribution in [0.5, 0.6) is 11.5 Å². The highest BCUT2D eigenvalue weighted by Gasteiger charge is 2.29. The first-order valence-corrected chi connectivity index (χ1v) is 7.19. The predicted molar refractivity (Wildman–Crippen MR) is 81.9 cm³/mol. The molecule has 0 amide bonds. The van der Waals surface area contributed by atoms with Crippen LogP contribution in [0, 0.1) is 13.8 Å². The minimum absolute atomic E-state index is 0.110. The third-order valence-corrected chi connectivity index (χ3v) is 4.28. The van der Waals surface area contributed by atoms with E-state index in [1.165, 1.54) is 11.1 Å². The van der Waals surface area contributed by atoms with Crippen molar-refractivity contribution in [3.8, 4) is 11.5 Å². The number of ether oxygens (including phenoxy) is 2. The van der Waals surface area contributed by atoms with Crippen molar-refractivity contribution in [2.75, 3.05) is 7.11 Å². The highest BCUT2D eigenvalue weighted by molar-refractivity contribution is 5.45. The van der Waals surface area contributed by atoms with E-state index in [0.717, 1.165) is 22.6 Å². The molecule has 21 heavy (non-hydrogen) atoms. The van der Waals surface area contributed by atoms with Gasteiger partial charge in [-0.15, -0.1) is 0 Å². The van der Waals surface area contributed by atoms with Crippen LogP contribution in [-0.2, 0) is 0 Å². The Morgan fingerprint density at radius 1 is 1.14 bits per heavy atom. The second kappa shape index (κ2) is 5.41.